The number of fused-ring (bicyclic) bond motifs is 2. The molecule has 0 saturated carbocycles. The predicted octanol–water partition coefficient (Wildman–Crippen LogP) is 3.87. The number of piperazine rings is 1. The van der Waals surface area contributed by atoms with Crippen LogP contribution >= 0.6 is 0 Å². The molecule has 0 aliphatic carbocycles. The zero-order chi connectivity index (χ0) is 20.3. The molecule has 5 nitrogen and oxygen atoms in total. The van der Waals surface area contributed by atoms with Crippen molar-refractivity contribution in [2.24, 2.45) is 0 Å². The van der Waals surface area contributed by atoms with E-state index in [1.165, 1.54) is 35.0 Å². The number of benzene rings is 2. The first-order valence-electron chi connectivity index (χ1n) is 11.1. The highest BCUT2D eigenvalue weighted by atomic mass is 16.6. The van der Waals surface area contributed by atoms with Gasteiger partial charge in [0.05, 0.1) is 0 Å². The van der Waals surface area contributed by atoms with E-state index in [0.29, 0.717) is 6.61 Å². The van der Waals surface area contributed by atoms with Crippen molar-refractivity contribution >= 4 is 10.9 Å². The Morgan fingerprint density at radius 2 is 1.80 bits per heavy atom. The maximum absolute atomic E-state index is 6.13. The van der Waals surface area contributed by atoms with Crippen molar-refractivity contribution < 1.29 is 9.47 Å². The number of hydrogen-bond donors (Lipinski definition) is 1. The number of nitrogens with zero attached hydrogens (tertiary/aromatic N) is 2. The van der Waals surface area contributed by atoms with Crippen LogP contribution in [0.3, 0.4) is 0 Å². The Morgan fingerprint density at radius 1 is 1.00 bits per heavy atom. The fraction of sp³-hybridized carbons (Fsp3) is 0.440. The summed E-state index contributed by atoms with van der Waals surface area (Å²) < 4.78 is 12.0. The smallest absolute Gasteiger partial charge is 0.161 e. The highest BCUT2D eigenvalue weighted by Crippen LogP contribution is 2.31. The summed E-state index contributed by atoms with van der Waals surface area (Å²) in [4.78, 5) is 8.53. The average molecular weight is 406 g/mol. The van der Waals surface area contributed by atoms with Crippen LogP contribution in [0.1, 0.15) is 17.5 Å². The fourth-order valence-electron chi connectivity index (χ4n) is 4.63. The summed E-state index contributed by atoms with van der Waals surface area (Å²) in [5, 5.41) is 1.39. The van der Waals surface area contributed by atoms with Crippen LogP contribution in [0.5, 0.6) is 11.5 Å². The van der Waals surface area contributed by atoms with E-state index in [4.69, 9.17) is 9.47 Å². The lowest BCUT2D eigenvalue weighted by Gasteiger charge is -2.37. The second-order valence-electron chi connectivity index (χ2n) is 8.61. The number of ether oxygens (including phenoxy) is 2. The Morgan fingerprint density at radius 3 is 2.67 bits per heavy atom. The number of hydrogen-bond acceptors (Lipinski definition) is 4. The lowest BCUT2D eigenvalue weighted by atomic mass is 10.1. The van der Waals surface area contributed by atoms with Gasteiger partial charge in [0.1, 0.15) is 12.7 Å². The number of nitrogens with one attached hydrogen (secondary N) is 1. The summed E-state index contributed by atoms with van der Waals surface area (Å²) >= 11 is 0. The molecular formula is C25H31N3O2. The van der Waals surface area contributed by atoms with Gasteiger partial charge in [0.25, 0.3) is 0 Å². The van der Waals surface area contributed by atoms with E-state index in [1.54, 1.807) is 0 Å². The highest BCUT2D eigenvalue weighted by molar-refractivity contribution is 5.83. The van der Waals surface area contributed by atoms with E-state index in [-0.39, 0.29) is 6.10 Å². The van der Waals surface area contributed by atoms with Crippen molar-refractivity contribution in [1.29, 1.82) is 0 Å². The van der Waals surface area contributed by atoms with Crippen molar-refractivity contribution in [2.75, 3.05) is 45.9 Å². The van der Waals surface area contributed by atoms with Crippen LogP contribution < -0.4 is 9.47 Å². The molecule has 158 valence electrons. The molecule has 5 rings (SSSR count). The molecule has 1 fully saturated rings. The van der Waals surface area contributed by atoms with E-state index < -0.39 is 0 Å². The van der Waals surface area contributed by atoms with Crippen molar-refractivity contribution in [1.82, 2.24) is 14.8 Å². The Balaban J connectivity index is 1.06. The quantitative estimate of drug-likeness (QED) is 0.676. The van der Waals surface area contributed by atoms with Gasteiger partial charge >= 0.3 is 0 Å². The number of aryl methyl sites for hydroxylation is 2. The largest absolute Gasteiger partial charge is 0.486 e. The molecule has 1 atom stereocenters. The van der Waals surface area contributed by atoms with Crippen LogP contribution in [0, 0.1) is 6.92 Å². The third-order valence-corrected chi connectivity index (χ3v) is 6.34. The molecule has 2 aliphatic rings. The molecule has 1 unspecified atom stereocenters. The third-order valence-electron chi connectivity index (χ3n) is 6.34. The van der Waals surface area contributed by atoms with Crippen LogP contribution in [0.4, 0.5) is 0 Å². The molecule has 0 radical (unpaired) electrons. The first-order valence-corrected chi connectivity index (χ1v) is 11.1. The van der Waals surface area contributed by atoms with Gasteiger partial charge in [0.2, 0.25) is 0 Å². The van der Waals surface area contributed by atoms with Gasteiger partial charge in [0.15, 0.2) is 11.5 Å². The summed E-state index contributed by atoms with van der Waals surface area (Å²) in [6.45, 7) is 9.40. The van der Waals surface area contributed by atoms with Crippen LogP contribution in [0.25, 0.3) is 10.9 Å². The maximum Gasteiger partial charge on any atom is 0.161 e. The monoisotopic (exact) mass is 405 g/mol. The second kappa shape index (κ2) is 8.70. The van der Waals surface area contributed by atoms with Gasteiger partial charge in [-0.15, -0.1) is 0 Å². The van der Waals surface area contributed by atoms with Crippen LogP contribution in [0.2, 0.25) is 0 Å². The Kier molecular flexibility index (Phi) is 5.65. The summed E-state index contributed by atoms with van der Waals surface area (Å²) in [6.07, 6.45) is 4.65. The van der Waals surface area contributed by atoms with E-state index in [2.05, 4.69) is 46.1 Å². The van der Waals surface area contributed by atoms with Gasteiger partial charge in [-0.2, -0.15) is 0 Å². The summed E-state index contributed by atoms with van der Waals surface area (Å²) in [5.41, 5.74) is 4.03. The van der Waals surface area contributed by atoms with Gasteiger partial charge in [-0.05, 0) is 56.1 Å². The van der Waals surface area contributed by atoms with Gasteiger partial charge in [-0.1, -0.05) is 23.8 Å². The standard InChI is InChI=1S/C25H31N3O2/c1-19-8-9-23-22(15-19)20(16-26-23)5-4-10-27-11-13-28(14-12-27)17-21-18-29-24-6-2-3-7-25(24)30-21/h2-3,6-9,15-16,21,26H,4-5,10-14,17-18H2,1H3. The highest BCUT2D eigenvalue weighted by Gasteiger charge is 2.25. The summed E-state index contributed by atoms with van der Waals surface area (Å²) in [6, 6.07) is 14.6. The Labute approximate surface area is 178 Å². The van der Waals surface area contributed by atoms with Crippen LogP contribution in [0.15, 0.2) is 48.7 Å². The van der Waals surface area contributed by atoms with Crippen LogP contribution in [-0.2, 0) is 6.42 Å². The van der Waals surface area contributed by atoms with Crippen molar-refractivity contribution in [2.45, 2.75) is 25.9 Å². The molecule has 1 saturated heterocycles. The molecule has 5 heteroatoms. The molecule has 3 aromatic rings. The molecule has 3 heterocycles. The van der Waals surface area contributed by atoms with E-state index in [1.807, 2.05) is 24.3 Å². The number of aromatic nitrogens is 1. The van der Waals surface area contributed by atoms with Gasteiger partial charge < -0.3 is 19.4 Å². The average Bonchev–Trinajstić information content (AvgIpc) is 3.17. The van der Waals surface area contributed by atoms with E-state index in [0.717, 1.165) is 50.6 Å². The number of aromatic amines is 1. The lowest BCUT2D eigenvalue weighted by Crippen LogP contribution is -2.50. The molecule has 2 aliphatic heterocycles. The molecule has 0 spiro atoms. The molecule has 0 amide bonds. The number of rotatable bonds is 6. The van der Waals surface area contributed by atoms with Crippen LogP contribution in [-0.4, -0.2) is 66.8 Å². The lowest BCUT2D eigenvalue weighted by molar-refractivity contribution is 0.0402. The number of para-hydroxylation sites is 2. The first kappa shape index (κ1) is 19.5. The maximum atomic E-state index is 6.13. The molecule has 1 aromatic heterocycles. The molecule has 0 bridgehead atoms. The topological polar surface area (TPSA) is 40.7 Å². The first-order chi connectivity index (χ1) is 14.7. The summed E-state index contributed by atoms with van der Waals surface area (Å²) in [5.74, 6) is 1.74. The second-order valence-corrected chi connectivity index (χ2v) is 8.61. The van der Waals surface area contributed by atoms with Gasteiger partial charge in [-0.3, -0.25) is 4.90 Å². The third kappa shape index (κ3) is 4.32. The minimum Gasteiger partial charge on any atom is -0.486 e. The van der Waals surface area contributed by atoms with E-state index in [9.17, 15) is 0 Å². The van der Waals surface area contributed by atoms with Crippen molar-refractivity contribution in [3.8, 4) is 11.5 Å². The molecule has 2 aromatic carbocycles. The fourth-order valence-corrected chi connectivity index (χ4v) is 4.63. The SMILES string of the molecule is Cc1ccc2[nH]cc(CCCN3CCN(CC4COc5ccccc5O4)CC3)c2c1. The minimum atomic E-state index is 0.122. The molecule has 1 N–H and O–H groups in total. The zero-order valence-corrected chi connectivity index (χ0v) is 17.8. The van der Waals surface area contributed by atoms with Gasteiger partial charge in [0, 0.05) is 49.8 Å². The zero-order valence-electron chi connectivity index (χ0n) is 17.8. The summed E-state index contributed by atoms with van der Waals surface area (Å²) in [7, 11) is 0. The van der Waals surface area contributed by atoms with Crippen molar-refractivity contribution in [3.63, 3.8) is 0 Å². The Bertz CT molecular complexity index is 991. The minimum absolute atomic E-state index is 0.122. The molecule has 30 heavy (non-hydrogen) atoms. The predicted molar refractivity (Wildman–Crippen MR) is 121 cm³/mol. The van der Waals surface area contributed by atoms with E-state index >= 15 is 0 Å². The number of H-pyrrole nitrogens is 1. The normalized spacial score (nSPS) is 20.0. The Hall–Kier alpha value is -2.50. The van der Waals surface area contributed by atoms with Crippen molar-refractivity contribution in [3.05, 3.63) is 59.8 Å². The molecular weight excluding hydrogens is 374 g/mol. The van der Waals surface area contributed by atoms with Gasteiger partial charge in [-0.25, -0.2) is 0 Å².